The van der Waals surface area contributed by atoms with E-state index < -0.39 is 0 Å². The molecule has 1 aromatic carbocycles. The van der Waals surface area contributed by atoms with Gasteiger partial charge in [-0.2, -0.15) is 0 Å². The monoisotopic (exact) mass is 232 g/mol. The van der Waals surface area contributed by atoms with Crippen LogP contribution in [0.4, 0.5) is 0 Å². The van der Waals surface area contributed by atoms with Crippen molar-refractivity contribution >= 4 is 12.0 Å². The number of amides is 1. The van der Waals surface area contributed by atoms with E-state index in [1.807, 2.05) is 50.5 Å². The van der Waals surface area contributed by atoms with Crippen molar-refractivity contribution in [1.29, 1.82) is 0 Å². The van der Waals surface area contributed by atoms with E-state index >= 15 is 0 Å². The fourth-order valence-electron chi connectivity index (χ4n) is 1.40. The minimum absolute atomic E-state index is 0.0346. The molecule has 0 aliphatic heterocycles. The van der Waals surface area contributed by atoms with Crippen molar-refractivity contribution in [1.82, 2.24) is 10.2 Å². The zero-order valence-corrected chi connectivity index (χ0v) is 10.5. The van der Waals surface area contributed by atoms with Gasteiger partial charge in [-0.1, -0.05) is 30.3 Å². The Hall–Kier alpha value is -1.61. The fraction of sp³-hybridized carbons (Fsp3) is 0.357. The van der Waals surface area contributed by atoms with Gasteiger partial charge in [0.15, 0.2) is 0 Å². The smallest absolute Gasteiger partial charge is 0.243 e. The van der Waals surface area contributed by atoms with Gasteiger partial charge in [-0.15, -0.1) is 0 Å². The van der Waals surface area contributed by atoms with Gasteiger partial charge in [0.1, 0.15) is 0 Å². The molecule has 1 amide bonds. The lowest BCUT2D eigenvalue weighted by Crippen LogP contribution is -2.25. The van der Waals surface area contributed by atoms with Gasteiger partial charge in [-0.3, -0.25) is 4.79 Å². The summed E-state index contributed by atoms with van der Waals surface area (Å²) in [6, 6.07) is 9.80. The largest absolute Gasteiger partial charge is 0.353 e. The number of nitrogens with zero attached hydrogens (tertiary/aromatic N) is 1. The van der Waals surface area contributed by atoms with Gasteiger partial charge < -0.3 is 10.2 Å². The first kappa shape index (κ1) is 13.5. The number of carbonyl (C=O) groups excluding carboxylic acids is 1. The van der Waals surface area contributed by atoms with Crippen LogP contribution in [0.25, 0.3) is 6.08 Å². The van der Waals surface area contributed by atoms with Crippen LogP contribution < -0.4 is 5.32 Å². The first-order chi connectivity index (χ1) is 8.18. The van der Waals surface area contributed by atoms with Crippen LogP contribution in [-0.4, -0.2) is 38.0 Å². The average Bonchev–Trinajstić information content (AvgIpc) is 2.33. The van der Waals surface area contributed by atoms with Gasteiger partial charge in [0, 0.05) is 12.6 Å². The molecule has 0 spiro atoms. The molecule has 0 atom stereocenters. The van der Waals surface area contributed by atoms with Crippen molar-refractivity contribution in [2.75, 3.05) is 27.2 Å². The third-order valence-corrected chi connectivity index (χ3v) is 2.31. The summed E-state index contributed by atoms with van der Waals surface area (Å²) >= 11 is 0. The molecule has 1 rings (SSSR count). The Labute approximate surface area is 103 Å². The second-order valence-corrected chi connectivity index (χ2v) is 4.19. The number of benzene rings is 1. The molecule has 92 valence electrons. The summed E-state index contributed by atoms with van der Waals surface area (Å²) in [6.07, 6.45) is 4.37. The highest BCUT2D eigenvalue weighted by Crippen LogP contribution is 2.00. The number of hydrogen-bond acceptors (Lipinski definition) is 2. The van der Waals surface area contributed by atoms with Crippen molar-refractivity contribution in [3.05, 3.63) is 42.0 Å². The van der Waals surface area contributed by atoms with E-state index in [9.17, 15) is 4.79 Å². The Morgan fingerprint density at radius 3 is 2.65 bits per heavy atom. The SMILES string of the molecule is CN(C)CCCNC(=O)C=Cc1ccccc1. The van der Waals surface area contributed by atoms with Gasteiger partial charge in [-0.05, 0) is 38.7 Å². The summed E-state index contributed by atoms with van der Waals surface area (Å²) in [4.78, 5) is 13.6. The molecule has 0 heterocycles. The van der Waals surface area contributed by atoms with Crippen LogP contribution in [-0.2, 0) is 4.79 Å². The van der Waals surface area contributed by atoms with Crippen molar-refractivity contribution in [2.24, 2.45) is 0 Å². The number of carbonyl (C=O) groups is 1. The predicted molar refractivity (Wildman–Crippen MR) is 71.7 cm³/mol. The van der Waals surface area contributed by atoms with Crippen LogP contribution in [0.1, 0.15) is 12.0 Å². The van der Waals surface area contributed by atoms with Crippen molar-refractivity contribution in [3.8, 4) is 0 Å². The maximum atomic E-state index is 11.4. The van der Waals surface area contributed by atoms with Gasteiger partial charge in [0.25, 0.3) is 0 Å². The summed E-state index contributed by atoms with van der Waals surface area (Å²) in [7, 11) is 4.05. The van der Waals surface area contributed by atoms with Crippen molar-refractivity contribution in [2.45, 2.75) is 6.42 Å². The van der Waals surface area contributed by atoms with Gasteiger partial charge in [-0.25, -0.2) is 0 Å². The Morgan fingerprint density at radius 1 is 1.29 bits per heavy atom. The molecule has 0 radical (unpaired) electrons. The van der Waals surface area contributed by atoms with Gasteiger partial charge in [0.05, 0.1) is 0 Å². The van der Waals surface area contributed by atoms with E-state index in [1.54, 1.807) is 6.08 Å². The summed E-state index contributed by atoms with van der Waals surface area (Å²) in [5.74, 6) is -0.0346. The molecular formula is C14H20N2O. The predicted octanol–water partition coefficient (Wildman–Crippen LogP) is 1.77. The summed E-state index contributed by atoms with van der Waals surface area (Å²) < 4.78 is 0. The first-order valence-corrected chi connectivity index (χ1v) is 5.84. The Balaban J connectivity index is 2.23. The molecule has 17 heavy (non-hydrogen) atoms. The summed E-state index contributed by atoms with van der Waals surface area (Å²) in [5, 5.41) is 2.86. The van der Waals surface area contributed by atoms with Gasteiger partial charge >= 0.3 is 0 Å². The molecule has 0 saturated carbocycles. The molecule has 1 N–H and O–H groups in total. The standard InChI is InChI=1S/C14H20N2O/c1-16(2)12-6-11-15-14(17)10-9-13-7-4-3-5-8-13/h3-5,7-10H,6,11-12H2,1-2H3,(H,15,17). The second-order valence-electron chi connectivity index (χ2n) is 4.19. The maximum absolute atomic E-state index is 11.4. The molecule has 0 aromatic heterocycles. The third kappa shape index (κ3) is 6.53. The Kier molecular flexibility index (Phi) is 6.04. The average molecular weight is 232 g/mol. The molecule has 1 aromatic rings. The lowest BCUT2D eigenvalue weighted by Gasteiger charge is -2.08. The quantitative estimate of drug-likeness (QED) is 0.599. The minimum Gasteiger partial charge on any atom is -0.353 e. The van der Waals surface area contributed by atoms with Crippen molar-refractivity contribution < 1.29 is 4.79 Å². The number of nitrogens with one attached hydrogen (secondary N) is 1. The van der Waals surface area contributed by atoms with E-state index in [2.05, 4.69) is 10.2 Å². The van der Waals surface area contributed by atoms with E-state index in [0.717, 1.165) is 25.1 Å². The lowest BCUT2D eigenvalue weighted by molar-refractivity contribution is -0.116. The van der Waals surface area contributed by atoms with E-state index in [4.69, 9.17) is 0 Å². The molecule has 3 nitrogen and oxygen atoms in total. The van der Waals surface area contributed by atoms with Crippen LogP contribution in [0.15, 0.2) is 36.4 Å². The normalized spacial score (nSPS) is 11.0. The lowest BCUT2D eigenvalue weighted by atomic mass is 10.2. The van der Waals surface area contributed by atoms with Crippen LogP contribution in [0.3, 0.4) is 0 Å². The summed E-state index contributed by atoms with van der Waals surface area (Å²) in [5.41, 5.74) is 1.04. The zero-order chi connectivity index (χ0) is 12.5. The number of rotatable bonds is 6. The van der Waals surface area contributed by atoms with Gasteiger partial charge in [0.2, 0.25) is 5.91 Å². The van der Waals surface area contributed by atoms with Crippen LogP contribution in [0, 0.1) is 0 Å². The molecule has 0 bridgehead atoms. The van der Waals surface area contributed by atoms with E-state index in [0.29, 0.717) is 0 Å². The van der Waals surface area contributed by atoms with E-state index in [-0.39, 0.29) is 5.91 Å². The van der Waals surface area contributed by atoms with Crippen LogP contribution in [0.5, 0.6) is 0 Å². The summed E-state index contributed by atoms with van der Waals surface area (Å²) in [6.45, 7) is 1.71. The van der Waals surface area contributed by atoms with Crippen LogP contribution >= 0.6 is 0 Å². The van der Waals surface area contributed by atoms with Crippen molar-refractivity contribution in [3.63, 3.8) is 0 Å². The highest BCUT2D eigenvalue weighted by Gasteiger charge is 1.95. The molecule has 0 saturated heterocycles. The van der Waals surface area contributed by atoms with E-state index in [1.165, 1.54) is 0 Å². The topological polar surface area (TPSA) is 32.3 Å². The highest BCUT2D eigenvalue weighted by atomic mass is 16.1. The maximum Gasteiger partial charge on any atom is 0.243 e. The minimum atomic E-state index is -0.0346. The number of hydrogen-bond donors (Lipinski definition) is 1. The first-order valence-electron chi connectivity index (χ1n) is 5.84. The molecule has 3 heteroatoms. The highest BCUT2D eigenvalue weighted by molar-refractivity contribution is 5.91. The fourth-order valence-corrected chi connectivity index (χ4v) is 1.40. The Morgan fingerprint density at radius 2 is 2.00 bits per heavy atom. The third-order valence-electron chi connectivity index (χ3n) is 2.31. The second kappa shape index (κ2) is 7.63. The Bertz CT molecular complexity index is 358. The molecule has 0 unspecified atom stereocenters. The van der Waals surface area contributed by atoms with Crippen LogP contribution in [0.2, 0.25) is 0 Å². The molecular weight excluding hydrogens is 212 g/mol. The molecule has 0 aliphatic carbocycles. The molecule has 0 aliphatic rings. The molecule has 0 fully saturated rings. The zero-order valence-electron chi connectivity index (χ0n) is 10.5.